The summed E-state index contributed by atoms with van der Waals surface area (Å²) in [5.74, 6) is -1.57. The van der Waals surface area contributed by atoms with Gasteiger partial charge in [-0.2, -0.15) is 0 Å². The molecule has 1 aromatic heterocycles. The average Bonchev–Trinajstić information content (AvgIpc) is 3.03. The lowest BCUT2D eigenvalue weighted by Gasteiger charge is -2.12. The lowest BCUT2D eigenvalue weighted by atomic mass is 10.0. The van der Waals surface area contributed by atoms with Crippen molar-refractivity contribution in [2.24, 2.45) is 0 Å². The van der Waals surface area contributed by atoms with Gasteiger partial charge in [0.2, 0.25) is 5.91 Å². The fraction of sp³-hybridized carbons (Fsp3) is 0.0476. The molecule has 4 rings (SSSR count). The van der Waals surface area contributed by atoms with E-state index in [9.17, 15) is 13.6 Å². The number of benzene rings is 3. The molecule has 0 aliphatic rings. The van der Waals surface area contributed by atoms with E-state index in [1.165, 1.54) is 19.1 Å². The standard InChI is InChI=1S/C21H14BrF2N3O/c1-12(28)26-16-6-13(18-4-3-15(23)9-19(18)24)7-17(10-16)27-11-25-20-8-14(22)2-5-21(20)27/h2-11H,1H3,(H,26,28). The first-order valence-corrected chi connectivity index (χ1v) is 9.21. The molecular formula is C21H14BrF2N3O. The maximum absolute atomic E-state index is 14.4. The van der Waals surface area contributed by atoms with Gasteiger partial charge in [0.15, 0.2) is 0 Å². The Morgan fingerprint density at radius 2 is 1.89 bits per heavy atom. The Labute approximate surface area is 168 Å². The van der Waals surface area contributed by atoms with Gasteiger partial charge in [-0.15, -0.1) is 0 Å². The maximum atomic E-state index is 14.4. The molecule has 4 aromatic rings. The Bertz CT molecular complexity index is 1220. The van der Waals surface area contributed by atoms with Crippen LogP contribution in [-0.4, -0.2) is 15.5 Å². The number of nitrogens with one attached hydrogen (secondary N) is 1. The molecule has 4 nitrogen and oxygen atoms in total. The van der Waals surface area contributed by atoms with Crippen LogP contribution in [0, 0.1) is 11.6 Å². The Balaban J connectivity index is 1.92. The first kappa shape index (κ1) is 18.3. The number of carbonyl (C=O) groups is 1. The van der Waals surface area contributed by atoms with E-state index in [0.29, 0.717) is 16.9 Å². The third-order valence-electron chi connectivity index (χ3n) is 4.27. The normalized spacial score (nSPS) is 11.0. The predicted molar refractivity (Wildman–Crippen MR) is 108 cm³/mol. The van der Waals surface area contributed by atoms with Crippen LogP contribution in [-0.2, 0) is 4.79 Å². The monoisotopic (exact) mass is 441 g/mol. The van der Waals surface area contributed by atoms with Crippen molar-refractivity contribution in [1.82, 2.24) is 9.55 Å². The molecule has 0 saturated heterocycles. The number of carbonyl (C=O) groups excluding carboxylic acids is 1. The molecule has 0 aliphatic carbocycles. The van der Waals surface area contributed by atoms with E-state index >= 15 is 0 Å². The van der Waals surface area contributed by atoms with E-state index in [4.69, 9.17) is 0 Å². The van der Waals surface area contributed by atoms with Crippen molar-refractivity contribution in [2.45, 2.75) is 6.92 Å². The topological polar surface area (TPSA) is 46.9 Å². The summed E-state index contributed by atoms with van der Waals surface area (Å²) < 4.78 is 30.4. The number of nitrogens with zero attached hydrogens (tertiary/aromatic N) is 2. The van der Waals surface area contributed by atoms with Gasteiger partial charge in [-0.05, 0) is 54.1 Å². The van der Waals surface area contributed by atoms with E-state index < -0.39 is 11.6 Å². The van der Waals surface area contributed by atoms with Crippen LogP contribution < -0.4 is 5.32 Å². The molecule has 7 heteroatoms. The second-order valence-corrected chi connectivity index (χ2v) is 7.24. The van der Waals surface area contributed by atoms with E-state index in [-0.39, 0.29) is 11.5 Å². The Kier molecular flexibility index (Phi) is 4.68. The number of fused-ring (bicyclic) bond motifs is 1. The molecule has 3 aromatic carbocycles. The number of amides is 1. The minimum atomic E-state index is -0.676. The summed E-state index contributed by atoms with van der Waals surface area (Å²) in [6.07, 6.45) is 1.66. The fourth-order valence-electron chi connectivity index (χ4n) is 3.10. The number of imidazole rings is 1. The highest BCUT2D eigenvalue weighted by atomic mass is 79.9. The summed E-state index contributed by atoms with van der Waals surface area (Å²) >= 11 is 3.42. The Morgan fingerprint density at radius 1 is 1.07 bits per heavy atom. The van der Waals surface area contributed by atoms with Gasteiger partial charge >= 0.3 is 0 Å². The van der Waals surface area contributed by atoms with Gasteiger partial charge in [0.05, 0.1) is 11.0 Å². The molecule has 0 atom stereocenters. The van der Waals surface area contributed by atoms with Crippen LogP contribution in [0.2, 0.25) is 0 Å². The number of anilines is 1. The minimum absolute atomic E-state index is 0.238. The number of aromatic nitrogens is 2. The average molecular weight is 442 g/mol. The van der Waals surface area contributed by atoms with E-state index in [1.807, 2.05) is 22.8 Å². The molecule has 0 fully saturated rings. The Morgan fingerprint density at radius 3 is 2.64 bits per heavy atom. The van der Waals surface area contributed by atoms with Crippen molar-refractivity contribution in [1.29, 1.82) is 0 Å². The third kappa shape index (κ3) is 3.53. The highest BCUT2D eigenvalue weighted by molar-refractivity contribution is 9.10. The quantitative estimate of drug-likeness (QED) is 0.443. The van der Waals surface area contributed by atoms with Gasteiger partial charge in [0.1, 0.15) is 18.0 Å². The van der Waals surface area contributed by atoms with Crippen molar-refractivity contribution < 1.29 is 13.6 Å². The SMILES string of the molecule is CC(=O)Nc1cc(-c2ccc(F)cc2F)cc(-n2cnc3cc(Br)ccc32)c1. The van der Waals surface area contributed by atoms with Crippen LogP contribution in [0.1, 0.15) is 6.92 Å². The van der Waals surface area contributed by atoms with Crippen LogP contribution in [0.25, 0.3) is 27.8 Å². The van der Waals surface area contributed by atoms with Crippen molar-refractivity contribution >= 4 is 38.6 Å². The summed E-state index contributed by atoms with van der Waals surface area (Å²) in [7, 11) is 0. The van der Waals surface area contributed by atoms with Crippen molar-refractivity contribution in [2.75, 3.05) is 5.32 Å². The van der Waals surface area contributed by atoms with Crippen LogP contribution >= 0.6 is 15.9 Å². The molecule has 1 heterocycles. The highest BCUT2D eigenvalue weighted by Gasteiger charge is 2.12. The molecule has 28 heavy (non-hydrogen) atoms. The van der Waals surface area contributed by atoms with E-state index in [2.05, 4.69) is 26.2 Å². The molecular weight excluding hydrogens is 428 g/mol. The van der Waals surface area contributed by atoms with Gasteiger partial charge in [0, 0.05) is 34.4 Å². The van der Waals surface area contributed by atoms with Crippen molar-refractivity contribution in [3.8, 4) is 16.8 Å². The van der Waals surface area contributed by atoms with E-state index in [0.717, 1.165) is 21.6 Å². The van der Waals surface area contributed by atoms with Crippen molar-refractivity contribution in [3.63, 3.8) is 0 Å². The number of hydrogen-bond donors (Lipinski definition) is 1. The molecule has 0 radical (unpaired) electrons. The summed E-state index contributed by atoms with van der Waals surface area (Å²) in [4.78, 5) is 16.0. The number of rotatable bonds is 3. The molecule has 0 spiro atoms. The van der Waals surface area contributed by atoms with Crippen LogP contribution in [0.15, 0.2) is 65.4 Å². The predicted octanol–water partition coefficient (Wildman–Crippen LogP) is 5.69. The molecule has 1 N–H and O–H groups in total. The largest absolute Gasteiger partial charge is 0.326 e. The molecule has 0 aliphatic heterocycles. The maximum Gasteiger partial charge on any atom is 0.221 e. The van der Waals surface area contributed by atoms with Crippen LogP contribution in [0.4, 0.5) is 14.5 Å². The number of halogens is 3. The summed E-state index contributed by atoms with van der Waals surface area (Å²) in [6, 6.07) is 14.3. The van der Waals surface area contributed by atoms with Crippen LogP contribution in [0.5, 0.6) is 0 Å². The second kappa shape index (κ2) is 7.16. The van der Waals surface area contributed by atoms with Gasteiger partial charge in [-0.3, -0.25) is 9.36 Å². The summed E-state index contributed by atoms with van der Waals surface area (Å²) in [5.41, 5.74) is 3.58. The smallest absolute Gasteiger partial charge is 0.221 e. The summed E-state index contributed by atoms with van der Waals surface area (Å²) in [5, 5.41) is 2.73. The zero-order valence-electron chi connectivity index (χ0n) is 14.7. The first-order chi connectivity index (χ1) is 13.4. The summed E-state index contributed by atoms with van der Waals surface area (Å²) in [6.45, 7) is 1.40. The van der Waals surface area contributed by atoms with Gasteiger partial charge in [-0.25, -0.2) is 13.8 Å². The van der Waals surface area contributed by atoms with Crippen molar-refractivity contribution in [3.05, 3.63) is 77.0 Å². The van der Waals surface area contributed by atoms with Gasteiger partial charge in [-0.1, -0.05) is 15.9 Å². The first-order valence-electron chi connectivity index (χ1n) is 8.42. The zero-order valence-corrected chi connectivity index (χ0v) is 16.3. The number of hydrogen-bond acceptors (Lipinski definition) is 2. The Hall–Kier alpha value is -3.06. The lowest BCUT2D eigenvalue weighted by Crippen LogP contribution is -2.07. The molecule has 140 valence electrons. The van der Waals surface area contributed by atoms with Crippen LogP contribution in [0.3, 0.4) is 0 Å². The highest BCUT2D eigenvalue weighted by Crippen LogP contribution is 2.31. The molecule has 1 amide bonds. The lowest BCUT2D eigenvalue weighted by molar-refractivity contribution is -0.114. The second-order valence-electron chi connectivity index (χ2n) is 6.32. The van der Waals surface area contributed by atoms with Gasteiger partial charge < -0.3 is 5.32 Å². The molecule has 0 saturated carbocycles. The molecule has 0 bridgehead atoms. The zero-order chi connectivity index (χ0) is 19.8. The molecule has 0 unspecified atom stereocenters. The minimum Gasteiger partial charge on any atom is -0.326 e. The van der Waals surface area contributed by atoms with E-state index in [1.54, 1.807) is 24.5 Å². The third-order valence-corrected chi connectivity index (χ3v) is 4.76. The van der Waals surface area contributed by atoms with Gasteiger partial charge in [0.25, 0.3) is 0 Å². The fourth-order valence-corrected chi connectivity index (χ4v) is 3.45.